The molecule has 0 saturated heterocycles. The topological polar surface area (TPSA) is 237 Å². The van der Waals surface area contributed by atoms with Gasteiger partial charge in [-0.3, -0.25) is 37.3 Å². The number of phosphoric acid groups is 2. The zero-order valence-electron chi connectivity index (χ0n) is 68.0. The van der Waals surface area contributed by atoms with Gasteiger partial charge in [0.1, 0.15) is 19.3 Å². The van der Waals surface area contributed by atoms with Crippen LogP contribution in [0.1, 0.15) is 434 Å². The minimum absolute atomic E-state index is 0.106. The first-order valence-corrected chi connectivity index (χ1v) is 46.2. The van der Waals surface area contributed by atoms with Crippen LogP contribution in [0.15, 0.2) is 0 Å². The highest BCUT2D eigenvalue weighted by molar-refractivity contribution is 7.47. The molecule has 4 unspecified atom stereocenters. The first kappa shape index (κ1) is 101. The van der Waals surface area contributed by atoms with Gasteiger partial charge in [-0.1, -0.05) is 383 Å². The second kappa shape index (κ2) is 72.9. The van der Waals surface area contributed by atoms with Crippen LogP contribution in [0.5, 0.6) is 0 Å². The smallest absolute Gasteiger partial charge is 0.462 e. The lowest BCUT2D eigenvalue weighted by atomic mass is 9.99. The van der Waals surface area contributed by atoms with E-state index in [1.807, 2.05) is 0 Å². The lowest BCUT2D eigenvalue weighted by molar-refractivity contribution is -0.161. The van der Waals surface area contributed by atoms with E-state index < -0.39 is 97.5 Å². The quantitative estimate of drug-likeness (QED) is 0.0222. The second-order valence-corrected chi connectivity index (χ2v) is 34.8. The van der Waals surface area contributed by atoms with E-state index in [0.29, 0.717) is 31.6 Å². The molecule has 3 N–H and O–H groups in total. The average Bonchev–Trinajstić information content (AvgIpc) is 0.920. The largest absolute Gasteiger partial charge is 0.472 e. The van der Waals surface area contributed by atoms with Gasteiger partial charge in [-0.15, -0.1) is 0 Å². The number of unbranched alkanes of at least 4 members (excludes halogenated alkanes) is 46. The molecule has 0 saturated carbocycles. The molecule has 103 heavy (non-hydrogen) atoms. The predicted molar refractivity (Wildman–Crippen MR) is 423 cm³/mol. The molecular weight excluding hydrogens is 1340 g/mol. The Bertz CT molecular complexity index is 2010. The Balaban J connectivity index is 5.15. The van der Waals surface area contributed by atoms with Gasteiger partial charge in [0.05, 0.1) is 26.4 Å². The molecule has 0 rings (SSSR count). The van der Waals surface area contributed by atoms with Crippen molar-refractivity contribution in [3.8, 4) is 0 Å². The number of hydrogen-bond acceptors (Lipinski definition) is 15. The minimum Gasteiger partial charge on any atom is -0.462 e. The summed E-state index contributed by atoms with van der Waals surface area (Å²) in [6.07, 6.45) is 61.3. The van der Waals surface area contributed by atoms with Crippen LogP contribution in [0.4, 0.5) is 0 Å². The van der Waals surface area contributed by atoms with Crippen molar-refractivity contribution in [3.05, 3.63) is 0 Å². The fourth-order valence-electron chi connectivity index (χ4n) is 12.9. The van der Waals surface area contributed by atoms with Crippen molar-refractivity contribution in [2.75, 3.05) is 39.6 Å². The fourth-order valence-corrected chi connectivity index (χ4v) is 14.5. The third-order valence-electron chi connectivity index (χ3n) is 19.9. The number of rotatable bonds is 81. The summed E-state index contributed by atoms with van der Waals surface area (Å²) in [4.78, 5) is 73.0. The zero-order chi connectivity index (χ0) is 76.0. The van der Waals surface area contributed by atoms with Crippen molar-refractivity contribution in [2.45, 2.75) is 453 Å². The maximum atomic E-state index is 13.1. The van der Waals surface area contributed by atoms with Gasteiger partial charge in [-0.25, -0.2) is 9.13 Å². The van der Waals surface area contributed by atoms with Gasteiger partial charge in [0, 0.05) is 25.7 Å². The van der Waals surface area contributed by atoms with E-state index in [1.54, 1.807) is 0 Å². The molecule has 0 fully saturated rings. The molecule has 0 aromatic carbocycles. The monoisotopic (exact) mass is 1510 g/mol. The third-order valence-corrected chi connectivity index (χ3v) is 21.8. The second-order valence-electron chi connectivity index (χ2n) is 31.9. The molecule has 0 aromatic rings. The maximum absolute atomic E-state index is 13.1. The molecule has 0 amide bonds. The molecule has 17 nitrogen and oxygen atoms in total. The van der Waals surface area contributed by atoms with Crippen molar-refractivity contribution >= 4 is 39.5 Å². The molecule has 0 radical (unpaired) electrons. The standard InChI is InChI=1S/C84H164O17P2/c1-9-77(8)63-55-47-38-32-25-21-17-12-10-11-13-18-22-26-33-39-48-56-64-81(86)94-70-79(100-84(89)67-59-51-41-35-29-28-31-37-45-53-61-75(4)5)72-98-102(90,91)96-68-78(85)69-97-103(92,93)99-73-80(71-95-82(87)65-57-49-43-42-46-54-62-76(6)7)101-83(88)66-58-50-40-34-27-23-19-15-14-16-20-24-30-36-44-52-60-74(2)3/h74-80,85H,9-73H2,1-8H3,(H,90,91)(H,92,93)/t77?,78?,79-,80-/m1/s1. The van der Waals surface area contributed by atoms with Gasteiger partial charge >= 0.3 is 39.5 Å². The predicted octanol–water partition coefficient (Wildman–Crippen LogP) is 25.2. The Morgan fingerprint density at radius 2 is 0.466 bits per heavy atom. The van der Waals surface area contributed by atoms with Gasteiger partial charge in [0.25, 0.3) is 0 Å². The summed E-state index contributed by atoms with van der Waals surface area (Å²) < 4.78 is 68.7. The van der Waals surface area contributed by atoms with Gasteiger partial charge in [0.2, 0.25) is 0 Å². The molecule has 0 aromatic heterocycles. The number of aliphatic hydroxyl groups excluding tert-OH is 1. The summed E-state index contributed by atoms with van der Waals surface area (Å²) in [5.41, 5.74) is 0. The molecule has 0 spiro atoms. The Morgan fingerprint density at radius 1 is 0.272 bits per heavy atom. The number of phosphoric ester groups is 2. The first-order valence-electron chi connectivity index (χ1n) is 43.2. The van der Waals surface area contributed by atoms with Gasteiger partial charge in [-0.05, 0) is 49.4 Å². The SMILES string of the molecule is CCC(C)CCCCCCCCCCCCCCCCCCCCC(=O)OC[C@H](COP(=O)(O)OCC(O)COP(=O)(O)OC[C@@H](COC(=O)CCCCCCCCC(C)C)OC(=O)CCCCCCCCCCCCCCCCCCC(C)C)OC(=O)CCCCCCCCCCCCC(C)C. The van der Waals surface area contributed by atoms with Crippen LogP contribution < -0.4 is 0 Å². The number of esters is 4. The van der Waals surface area contributed by atoms with Crippen molar-refractivity contribution < 1.29 is 80.2 Å². The number of ether oxygens (including phenoxy) is 4. The molecule has 612 valence electrons. The number of aliphatic hydroxyl groups is 1. The maximum Gasteiger partial charge on any atom is 0.472 e. The molecule has 0 aliphatic carbocycles. The Kier molecular flexibility index (Phi) is 71.5. The summed E-state index contributed by atoms with van der Waals surface area (Å²) in [7, 11) is -9.92. The van der Waals surface area contributed by atoms with Gasteiger partial charge in [-0.2, -0.15) is 0 Å². The third kappa shape index (κ3) is 76.6. The van der Waals surface area contributed by atoms with Crippen LogP contribution in [0.3, 0.4) is 0 Å². The number of carbonyl (C=O) groups is 4. The van der Waals surface area contributed by atoms with Crippen LogP contribution in [-0.4, -0.2) is 96.7 Å². The van der Waals surface area contributed by atoms with Crippen LogP contribution >= 0.6 is 15.6 Å². The summed E-state index contributed by atoms with van der Waals surface area (Å²) in [5, 5.41) is 10.6. The molecule has 0 bridgehead atoms. The first-order chi connectivity index (χ1) is 49.6. The van der Waals surface area contributed by atoms with Gasteiger partial charge < -0.3 is 33.8 Å². The van der Waals surface area contributed by atoms with Crippen LogP contribution in [0, 0.1) is 23.7 Å². The van der Waals surface area contributed by atoms with E-state index in [9.17, 15) is 43.2 Å². The van der Waals surface area contributed by atoms with E-state index in [-0.39, 0.29) is 25.7 Å². The van der Waals surface area contributed by atoms with Crippen LogP contribution in [0.25, 0.3) is 0 Å². The van der Waals surface area contributed by atoms with E-state index in [0.717, 1.165) is 114 Å². The van der Waals surface area contributed by atoms with Crippen molar-refractivity contribution in [1.82, 2.24) is 0 Å². The lowest BCUT2D eigenvalue weighted by Crippen LogP contribution is -2.30. The van der Waals surface area contributed by atoms with Crippen molar-refractivity contribution in [3.63, 3.8) is 0 Å². The zero-order valence-corrected chi connectivity index (χ0v) is 69.7. The molecule has 19 heteroatoms. The number of carbonyl (C=O) groups excluding carboxylic acids is 4. The highest BCUT2D eigenvalue weighted by Gasteiger charge is 2.30. The van der Waals surface area contributed by atoms with E-state index in [1.165, 1.54) is 231 Å². The van der Waals surface area contributed by atoms with Crippen molar-refractivity contribution in [1.29, 1.82) is 0 Å². The van der Waals surface area contributed by atoms with Crippen molar-refractivity contribution in [2.24, 2.45) is 23.7 Å². The average molecular weight is 1510 g/mol. The van der Waals surface area contributed by atoms with E-state index >= 15 is 0 Å². The lowest BCUT2D eigenvalue weighted by Gasteiger charge is -2.21. The summed E-state index contributed by atoms with van der Waals surface area (Å²) in [6, 6.07) is 0. The molecular formula is C84H164O17P2. The summed E-state index contributed by atoms with van der Waals surface area (Å²) in [5.74, 6) is 1.00. The summed E-state index contributed by atoms with van der Waals surface area (Å²) in [6.45, 7) is 14.3. The Morgan fingerprint density at radius 3 is 0.689 bits per heavy atom. The highest BCUT2D eigenvalue weighted by atomic mass is 31.2. The van der Waals surface area contributed by atoms with Gasteiger partial charge in [0.15, 0.2) is 12.2 Å². The van der Waals surface area contributed by atoms with Crippen LogP contribution in [0.2, 0.25) is 0 Å². The molecule has 6 atom stereocenters. The highest BCUT2D eigenvalue weighted by Crippen LogP contribution is 2.45. The van der Waals surface area contributed by atoms with E-state index in [4.69, 9.17) is 37.0 Å². The number of hydrogen-bond donors (Lipinski definition) is 3. The summed E-state index contributed by atoms with van der Waals surface area (Å²) >= 11 is 0. The molecule has 0 aliphatic rings. The Hall–Kier alpha value is -1.94. The molecule has 0 heterocycles. The van der Waals surface area contributed by atoms with Crippen LogP contribution in [-0.2, 0) is 65.4 Å². The normalized spacial score (nSPS) is 14.2. The minimum atomic E-state index is -4.96. The Labute approximate surface area is 632 Å². The fraction of sp³-hybridized carbons (Fsp3) is 0.952. The van der Waals surface area contributed by atoms with E-state index in [2.05, 4.69) is 55.4 Å². The molecule has 0 aliphatic heterocycles.